The standard InChI is InChI=1S/C16H17ClN2O3S/c1-12-7-8-13(17)11-15(12)19-16(20)9-10-18-23(21,22)14-5-3-2-4-6-14/h2-8,11,18H,9-10H2,1H3,(H,19,20). The zero-order valence-electron chi connectivity index (χ0n) is 12.5. The molecule has 2 aromatic rings. The maximum atomic E-state index is 12.0. The summed E-state index contributed by atoms with van der Waals surface area (Å²) >= 11 is 5.89. The molecular formula is C16H17ClN2O3S. The Labute approximate surface area is 140 Å². The Hall–Kier alpha value is -1.89. The quantitative estimate of drug-likeness (QED) is 0.839. The average molecular weight is 353 g/mol. The first-order chi connectivity index (χ1) is 10.9. The van der Waals surface area contributed by atoms with Gasteiger partial charge in [-0.05, 0) is 36.8 Å². The average Bonchev–Trinajstić information content (AvgIpc) is 2.51. The molecular weight excluding hydrogens is 336 g/mol. The van der Waals surface area contributed by atoms with Crippen molar-refractivity contribution in [2.45, 2.75) is 18.2 Å². The lowest BCUT2D eigenvalue weighted by Gasteiger charge is -2.10. The van der Waals surface area contributed by atoms with Gasteiger partial charge in [0.15, 0.2) is 0 Å². The monoisotopic (exact) mass is 352 g/mol. The lowest BCUT2D eigenvalue weighted by Crippen LogP contribution is -2.27. The highest BCUT2D eigenvalue weighted by atomic mass is 35.5. The molecule has 7 heteroatoms. The fraction of sp³-hybridized carbons (Fsp3) is 0.188. The predicted octanol–water partition coefficient (Wildman–Crippen LogP) is 2.96. The Morgan fingerprint density at radius 3 is 2.52 bits per heavy atom. The molecule has 0 aliphatic rings. The smallest absolute Gasteiger partial charge is 0.240 e. The van der Waals surface area contributed by atoms with Crippen molar-refractivity contribution in [1.29, 1.82) is 0 Å². The van der Waals surface area contributed by atoms with Crippen LogP contribution < -0.4 is 10.0 Å². The molecule has 0 spiro atoms. The van der Waals surface area contributed by atoms with E-state index in [-0.39, 0.29) is 23.8 Å². The Morgan fingerprint density at radius 1 is 1.13 bits per heavy atom. The maximum absolute atomic E-state index is 12.0. The second-order valence-corrected chi connectivity index (χ2v) is 7.17. The van der Waals surface area contributed by atoms with E-state index in [1.165, 1.54) is 12.1 Å². The summed E-state index contributed by atoms with van der Waals surface area (Å²) in [4.78, 5) is 12.1. The molecule has 0 atom stereocenters. The minimum absolute atomic E-state index is 0.0165. The van der Waals surface area contributed by atoms with Gasteiger partial charge in [0.2, 0.25) is 15.9 Å². The molecule has 0 heterocycles. The molecule has 2 aromatic carbocycles. The molecule has 2 N–H and O–H groups in total. The number of carbonyl (C=O) groups is 1. The van der Waals surface area contributed by atoms with Crippen molar-refractivity contribution >= 4 is 33.2 Å². The number of rotatable bonds is 6. The van der Waals surface area contributed by atoms with Gasteiger partial charge < -0.3 is 5.32 Å². The molecule has 0 aliphatic heterocycles. The number of hydrogen-bond donors (Lipinski definition) is 2. The molecule has 0 unspecified atom stereocenters. The lowest BCUT2D eigenvalue weighted by molar-refractivity contribution is -0.116. The van der Waals surface area contributed by atoms with E-state index in [0.717, 1.165) is 5.56 Å². The van der Waals surface area contributed by atoms with Crippen LogP contribution in [0.1, 0.15) is 12.0 Å². The van der Waals surface area contributed by atoms with Crippen LogP contribution in [0, 0.1) is 6.92 Å². The van der Waals surface area contributed by atoms with Crippen molar-refractivity contribution in [2.75, 3.05) is 11.9 Å². The molecule has 5 nitrogen and oxygen atoms in total. The molecule has 122 valence electrons. The first-order valence-corrected chi connectivity index (χ1v) is 8.85. The number of carbonyl (C=O) groups excluding carboxylic acids is 1. The van der Waals surface area contributed by atoms with E-state index in [0.29, 0.717) is 10.7 Å². The van der Waals surface area contributed by atoms with Crippen LogP contribution >= 0.6 is 11.6 Å². The van der Waals surface area contributed by atoms with E-state index in [1.807, 2.05) is 6.92 Å². The minimum Gasteiger partial charge on any atom is -0.326 e. The van der Waals surface area contributed by atoms with Crippen molar-refractivity contribution in [2.24, 2.45) is 0 Å². The minimum atomic E-state index is -3.59. The second-order valence-electron chi connectivity index (χ2n) is 4.97. The Balaban J connectivity index is 1.89. The van der Waals surface area contributed by atoms with Crippen LogP contribution in [0.4, 0.5) is 5.69 Å². The highest BCUT2D eigenvalue weighted by Crippen LogP contribution is 2.20. The van der Waals surface area contributed by atoms with E-state index in [1.54, 1.807) is 36.4 Å². The van der Waals surface area contributed by atoms with Crippen molar-refractivity contribution in [1.82, 2.24) is 4.72 Å². The number of aryl methyl sites for hydroxylation is 1. The highest BCUT2D eigenvalue weighted by molar-refractivity contribution is 7.89. The van der Waals surface area contributed by atoms with Gasteiger partial charge in [0.1, 0.15) is 0 Å². The van der Waals surface area contributed by atoms with E-state index in [9.17, 15) is 13.2 Å². The SMILES string of the molecule is Cc1ccc(Cl)cc1NC(=O)CCNS(=O)(=O)c1ccccc1. The van der Waals surface area contributed by atoms with Gasteiger partial charge >= 0.3 is 0 Å². The van der Waals surface area contributed by atoms with Crippen LogP contribution in [0.2, 0.25) is 5.02 Å². The third-order valence-electron chi connectivity index (χ3n) is 3.17. The number of benzene rings is 2. The summed E-state index contributed by atoms with van der Waals surface area (Å²) < 4.78 is 26.4. The van der Waals surface area contributed by atoms with Gasteiger partial charge in [-0.15, -0.1) is 0 Å². The first kappa shape index (κ1) is 17.5. The van der Waals surface area contributed by atoms with Gasteiger partial charge in [0, 0.05) is 23.7 Å². The molecule has 0 aliphatic carbocycles. The van der Waals surface area contributed by atoms with Crippen molar-refractivity contribution in [3.63, 3.8) is 0 Å². The number of hydrogen-bond acceptors (Lipinski definition) is 3. The molecule has 0 aromatic heterocycles. The van der Waals surface area contributed by atoms with E-state index in [4.69, 9.17) is 11.6 Å². The van der Waals surface area contributed by atoms with Crippen molar-refractivity contribution in [3.05, 3.63) is 59.1 Å². The summed E-state index contributed by atoms with van der Waals surface area (Å²) in [5, 5.41) is 3.24. The molecule has 2 rings (SSSR count). The van der Waals surface area contributed by atoms with E-state index < -0.39 is 10.0 Å². The Bertz CT molecular complexity index is 792. The maximum Gasteiger partial charge on any atom is 0.240 e. The van der Waals surface area contributed by atoms with E-state index in [2.05, 4.69) is 10.0 Å². The Morgan fingerprint density at radius 2 is 1.83 bits per heavy atom. The third kappa shape index (κ3) is 5.06. The number of sulfonamides is 1. The van der Waals surface area contributed by atoms with Crippen molar-refractivity contribution < 1.29 is 13.2 Å². The van der Waals surface area contributed by atoms with Crippen LogP contribution in [0.3, 0.4) is 0 Å². The van der Waals surface area contributed by atoms with Gasteiger partial charge in [-0.3, -0.25) is 4.79 Å². The largest absolute Gasteiger partial charge is 0.326 e. The molecule has 23 heavy (non-hydrogen) atoms. The summed E-state index contributed by atoms with van der Waals surface area (Å²) in [6, 6.07) is 13.2. The summed E-state index contributed by atoms with van der Waals surface area (Å²) in [6.45, 7) is 1.87. The zero-order valence-corrected chi connectivity index (χ0v) is 14.1. The fourth-order valence-corrected chi connectivity index (χ4v) is 3.15. The van der Waals surface area contributed by atoms with Crippen LogP contribution in [-0.4, -0.2) is 20.9 Å². The highest BCUT2D eigenvalue weighted by Gasteiger charge is 2.13. The fourth-order valence-electron chi connectivity index (χ4n) is 1.92. The molecule has 0 radical (unpaired) electrons. The second kappa shape index (κ2) is 7.59. The Kier molecular flexibility index (Phi) is 5.76. The molecule has 1 amide bonds. The molecule has 0 saturated heterocycles. The third-order valence-corrected chi connectivity index (χ3v) is 4.88. The molecule has 0 fully saturated rings. The number of halogens is 1. The summed E-state index contributed by atoms with van der Waals surface area (Å²) in [7, 11) is -3.59. The van der Waals surface area contributed by atoms with Gasteiger partial charge in [0.05, 0.1) is 4.90 Å². The predicted molar refractivity (Wildman–Crippen MR) is 91.1 cm³/mol. The van der Waals surface area contributed by atoms with Crippen LogP contribution in [0.15, 0.2) is 53.4 Å². The van der Waals surface area contributed by atoms with Crippen LogP contribution in [0.5, 0.6) is 0 Å². The van der Waals surface area contributed by atoms with E-state index >= 15 is 0 Å². The van der Waals surface area contributed by atoms with Gasteiger partial charge in [0.25, 0.3) is 0 Å². The summed E-state index contributed by atoms with van der Waals surface area (Å²) in [6.07, 6.45) is 0.0258. The molecule has 0 bridgehead atoms. The number of nitrogens with one attached hydrogen (secondary N) is 2. The van der Waals surface area contributed by atoms with Gasteiger partial charge in [-0.1, -0.05) is 35.9 Å². The molecule has 0 saturated carbocycles. The number of anilines is 1. The topological polar surface area (TPSA) is 75.3 Å². The lowest BCUT2D eigenvalue weighted by atomic mass is 10.2. The van der Waals surface area contributed by atoms with Gasteiger partial charge in [-0.2, -0.15) is 0 Å². The van der Waals surface area contributed by atoms with Crippen molar-refractivity contribution in [3.8, 4) is 0 Å². The first-order valence-electron chi connectivity index (χ1n) is 6.99. The number of amides is 1. The normalized spacial score (nSPS) is 11.2. The summed E-state index contributed by atoms with van der Waals surface area (Å²) in [5.74, 6) is -0.286. The van der Waals surface area contributed by atoms with Gasteiger partial charge in [-0.25, -0.2) is 13.1 Å². The zero-order chi connectivity index (χ0) is 16.9. The van der Waals surface area contributed by atoms with Crippen LogP contribution in [-0.2, 0) is 14.8 Å². The van der Waals surface area contributed by atoms with Crippen LogP contribution in [0.25, 0.3) is 0 Å². The summed E-state index contributed by atoms with van der Waals surface area (Å²) in [5.41, 5.74) is 1.50.